The van der Waals surface area contributed by atoms with Gasteiger partial charge in [0.15, 0.2) is 11.5 Å². The SMILES string of the molecule is Cl.Cl.Clc1ccccc1CN1CCN(CC2COc3ccccc3O2)CC1. The third kappa shape index (κ3) is 5.66. The van der Waals surface area contributed by atoms with E-state index >= 15 is 0 Å². The average Bonchev–Trinajstić information content (AvgIpc) is 2.65. The van der Waals surface area contributed by atoms with Gasteiger partial charge < -0.3 is 9.47 Å². The van der Waals surface area contributed by atoms with Crippen molar-refractivity contribution in [1.82, 2.24) is 9.80 Å². The first-order valence-corrected chi connectivity index (χ1v) is 9.22. The summed E-state index contributed by atoms with van der Waals surface area (Å²) in [4.78, 5) is 4.93. The van der Waals surface area contributed by atoms with Crippen molar-refractivity contribution < 1.29 is 9.47 Å². The van der Waals surface area contributed by atoms with E-state index in [0.717, 1.165) is 55.8 Å². The Hall–Kier alpha value is -1.17. The van der Waals surface area contributed by atoms with E-state index < -0.39 is 0 Å². The molecule has 1 saturated heterocycles. The highest BCUT2D eigenvalue weighted by Gasteiger charge is 2.25. The van der Waals surface area contributed by atoms with Crippen LogP contribution < -0.4 is 9.47 Å². The van der Waals surface area contributed by atoms with Crippen molar-refractivity contribution in [2.45, 2.75) is 12.6 Å². The highest BCUT2D eigenvalue weighted by Crippen LogP contribution is 2.31. The average molecular weight is 432 g/mol. The van der Waals surface area contributed by atoms with Crippen LogP contribution in [0.5, 0.6) is 11.5 Å². The van der Waals surface area contributed by atoms with Crippen LogP contribution in [0.4, 0.5) is 0 Å². The minimum Gasteiger partial charge on any atom is -0.486 e. The second kappa shape index (κ2) is 10.4. The van der Waals surface area contributed by atoms with Gasteiger partial charge in [-0.1, -0.05) is 41.9 Å². The fourth-order valence-electron chi connectivity index (χ4n) is 3.44. The zero-order chi connectivity index (χ0) is 17.1. The first kappa shape index (κ1) is 22.1. The quantitative estimate of drug-likeness (QED) is 0.726. The molecule has 0 spiro atoms. The fraction of sp³-hybridized carbons (Fsp3) is 0.400. The first-order valence-electron chi connectivity index (χ1n) is 8.84. The summed E-state index contributed by atoms with van der Waals surface area (Å²) in [7, 11) is 0. The van der Waals surface area contributed by atoms with E-state index in [1.54, 1.807) is 0 Å². The lowest BCUT2D eigenvalue weighted by atomic mass is 10.2. The minimum absolute atomic E-state index is 0. The lowest BCUT2D eigenvalue weighted by Crippen LogP contribution is -2.50. The van der Waals surface area contributed by atoms with Crippen molar-refractivity contribution in [3.8, 4) is 11.5 Å². The van der Waals surface area contributed by atoms with Gasteiger partial charge in [-0.05, 0) is 23.8 Å². The van der Waals surface area contributed by atoms with Crippen molar-refractivity contribution in [1.29, 1.82) is 0 Å². The summed E-state index contributed by atoms with van der Waals surface area (Å²) in [5.74, 6) is 1.71. The maximum atomic E-state index is 6.27. The summed E-state index contributed by atoms with van der Waals surface area (Å²) in [6.07, 6.45) is 0.102. The molecular formula is C20H25Cl3N2O2. The molecule has 0 bridgehead atoms. The van der Waals surface area contributed by atoms with Gasteiger partial charge in [0, 0.05) is 44.3 Å². The molecule has 2 aliphatic heterocycles. The molecule has 4 nitrogen and oxygen atoms in total. The van der Waals surface area contributed by atoms with Gasteiger partial charge >= 0.3 is 0 Å². The van der Waals surface area contributed by atoms with Crippen LogP contribution in [-0.4, -0.2) is 55.2 Å². The van der Waals surface area contributed by atoms with Gasteiger partial charge in [-0.25, -0.2) is 0 Å². The summed E-state index contributed by atoms with van der Waals surface area (Å²) in [5.41, 5.74) is 1.21. The molecule has 0 aromatic heterocycles. The smallest absolute Gasteiger partial charge is 0.161 e. The Morgan fingerprint density at radius 1 is 0.852 bits per heavy atom. The van der Waals surface area contributed by atoms with Crippen LogP contribution in [0.1, 0.15) is 5.56 Å². The van der Waals surface area contributed by atoms with Crippen LogP contribution in [0.2, 0.25) is 5.02 Å². The van der Waals surface area contributed by atoms with Crippen molar-refractivity contribution in [3.63, 3.8) is 0 Å². The van der Waals surface area contributed by atoms with E-state index in [0.29, 0.717) is 6.61 Å². The van der Waals surface area contributed by atoms with Crippen LogP contribution in [0, 0.1) is 0 Å². The number of hydrogen-bond acceptors (Lipinski definition) is 4. The molecular weight excluding hydrogens is 407 g/mol. The van der Waals surface area contributed by atoms with Gasteiger partial charge in [-0.2, -0.15) is 0 Å². The Bertz CT molecular complexity index is 724. The molecule has 2 heterocycles. The Morgan fingerprint density at radius 2 is 1.48 bits per heavy atom. The maximum Gasteiger partial charge on any atom is 0.161 e. The van der Waals surface area contributed by atoms with Crippen LogP contribution in [-0.2, 0) is 6.54 Å². The number of fused-ring (bicyclic) bond motifs is 1. The number of benzene rings is 2. The zero-order valence-corrected chi connectivity index (χ0v) is 17.4. The molecule has 148 valence electrons. The molecule has 1 atom stereocenters. The fourth-order valence-corrected chi connectivity index (χ4v) is 3.63. The number of halogens is 3. The number of piperazine rings is 1. The van der Waals surface area contributed by atoms with Gasteiger partial charge in [0.05, 0.1) is 0 Å². The van der Waals surface area contributed by atoms with Crippen molar-refractivity contribution >= 4 is 36.4 Å². The summed E-state index contributed by atoms with van der Waals surface area (Å²) in [6, 6.07) is 16.0. The minimum atomic E-state index is 0. The van der Waals surface area contributed by atoms with Gasteiger partial charge in [0.1, 0.15) is 12.7 Å². The van der Waals surface area contributed by atoms with Crippen molar-refractivity contribution in [3.05, 3.63) is 59.1 Å². The number of para-hydroxylation sites is 2. The van der Waals surface area contributed by atoms with E-state index in [1.165, 1.54) is 5.56 Å². The summed E-state index contributed by atoms with van der Waals surface area (Å²) < 4.78 is 11.9. The summed E-state index contributed by atoms with van der Waals surface area (Å²) in [6.45, 7) is 6.65. The highest BCUT2D eigenvalue weighted by molar-refractivity contribution is 6.31. The van der Waals surface area contributed by atoms with Crippen molar-refractivity contribution in [2.24, 2.45) is 0 Å². The molecule has 0 radical (unpaired) electrons. The molecule has 1 fully saturated rings. The lowest BCUT2D eigenvalue weighted by Gasteiger charge is -2.37. The molecule has 2 aliphatic rings. The van der Waals surface area contributed by atoms with Crippen LogP contribution in [0.25, 0.3) is 0 Å². The van der Waals surface area contributed by atoms with Crippen LogP contribution >= 0.6 is 36.4 Å². The van der Waals surface area contributed by atoms with Gasteiger partial charge in [0.25, 0.3) is 0 Å². The topological polar surface area (TPSA) is 24.9 Å². The normalized spacial score (nSPS) is 19.7. The molecule has 0 amide bonds. The number of rotatable bonds is 4. The van der Waals surface area contributed by atoms with Crippen LogP contribution in [0.3, 0.4) is 0 Å². The molecule has 1 unspecified atom stereocenters. The predicted octanol–water partition coefficient (Wildman–Crippen LogP) is 4.14. The zero-order valence-electron chi connectivity index (χ0n) is 15.1. The van der Waals surface area contributed by atoms with Gasteiger partial charge in [-0.15, -0.1) is 24.8 Å². The molecule has 2 aromatic rings. The van der Waals surface area contributed by atoms with E-state index in [2.05, 4.69) is 21.9 Å². The number of nitrogens with zero attached hydrogens (tertiary/aromatic N) is 2. The Morgan fingerprint density at radius 3 is 2.22 bits per heavy atom. The standard InChI is InChI=1S/C20H23ClN2O2.2ClH/c21-18-6-2-1-5-16(18)13-22-9-11-23(12-10-22)14-17-15-24-19-7-3-4-8-20(19)25-17;;/h1-8,17H,9-15H2;2*1H. The molecule has 2 aromatic carbocycles. The summed E-state index contributed by atoms with van der Waals surface area (Å²) >= 11 is 6.27. The van der Waals surface area contributed by atoms with E-state index in [9.17, 15) is 0 Å². The molecule has 0 saturated carbocycles. The predicted molar refractivity (Wildman–Crippen MR) is 114 cm³/mol. The molecule has 27 heavy (non-hydrogen) atoms. The van der Waals surface area contributed by atoms with Crippen LogP contribution in [0.15, 0.2) is 48.5 Å². The monoisotopic (exact) mass is 430 g/mol. The lowest BCUT2D eigenvalue weighted by molar-refractivity contribution is 0.0391. The highest BCUT2D eigenvalue weighted by atomic mass is 35.5. The number of ether oxygens (including phenoxy) is 2. The first-order chi connectivity index (χ1) is 12.3. The Labute approximate surface area is 178 Å². The van der Waals surface area contributed by atoms with Gasteiger partial charge in [0.2, 0.25) is 0 Å². The third-order valence-corrected chi connectivity index (χ3v) is 5.21. The molecule has 4 rings (SSSR count). The largest absolute Gasteiger partial charge is 0.486 e. The maximum absolute atomic E-state index is 6.27. The van der Waals surface area contributed by atoms with E-state index in [-0.39, 0.29) is 30.9 Å². The number of hydrogen-bond donors (Lipinski definition) is 0. The van der Waals surface area contributed by atoms with E-state index in [4.69, 9.17) is 21.1 Å². The third-order valence-electron chi connectivity index (χ3n) is 4.85. The van der Waals surface area contributed by atoms with Gasteiger partial charge in [-0.3, -0.25) is 9.80 Å². The Balaban J connectivity index is 0.00000131. The van der Waals surface area contributed by atoms with E-state index in [1.807, 2.05) is 36.4 Å². The summed E-state index contributed by atoms with van der Waals surface area (Å²) in [5, 5.41) is 0.858. The molecule has 7 heteroatoms. The Kier molecular flexibility index (Phi) is 8.52. The molecule has 0 N–H and O–H groups in total. The second-order valence-corrected chi connectivity index (χ2v) is 7.07. The van der Waals surface area contributed by atoms with Crippen molar-refractivity contribution in [2.75, 3.05) is 39.3 Å². The second-order valence-electron chi connectivity index (χ2n) is 6.67. The molecule has 0 aliphatic carbocycles.